The Morgan fingerprint density at radius 2 is 1.85 bits per heavy atom. The molecule has 0 spiro atoms. The van der Waals surface area contributed by atoms with Crippen LogP contribution in [0.4, 0.5) is 0 Å². The molecule has 0 aliphatic carbocycles. The predicted octanol–water partition coefficient (Wildman–Crippen LogP) is 3.12. The van der Waals surface area contributed by atoms with Crippen LogP contribution in [0.3, 0.4) is 0 Å². The number of piperazine rings is 1. The maximum atomic E-state index is 14.1. The van der Waals surface area contributed by atoms with Gasteiger partial charge in [0.2, 0.25) is 5.88 Å². The number of methoxy groups -OCH3 is 1. The summed E-state index contributed by atoms with van der Waals surface area (Å²) in [6, 6.07) is 4.79. The second-order valence-electron chi connectivity index (χ2n) is 7.71. The van der Waals surface area contributed by atoms with Gasteiger partial charge in [-0.05, 0) is 30.7 Å². The fourth-order valence-corrected chi connectivity index (χ4v) is 6.16. The monoisotopic (exact) mass is 492 g/mol. The molecule has 11 heteroatoms. The molecule has 1 saturated heterocycles. The number of ether oxygens (including phenoxy) is 1. The molecular formula is C22H28N4O5S2. The molecule has 33 heavy (non-hydrogen) atoms. The Morgan fingerprint density at radius 1 is 1.21 bits per heavy atom. The smallest absolute Gasteiger partial charge is 0.261 e. The van der Waals surface area contributed by atoms with Crippen LogP contribution in [0.15, 0.2) is 18.3 Å². The van der Waals surface area contributed by atoms with E-state index < -0.39 is 27.6 Å². The first kappa shape index (κ1) is 26.7. The largest absolute Gasteiger partial charge is 0.481 e. The quantitative estimate of drug-likeness (QED) is 0.539. The molecule has 0 radical (unpaired) electrons. The van der Waals surface area contributed by atoms with Gasteiger partial charge in [-0.25, -0.2) is 4.98 Å². The predicted molar refractivity (Wildman–Crippen MR) is 126 cm³/mol. The number of aromatic nitrogens is 1. The lowest BCUT2D eigenvalue weighted by Gasteiger charge is -2.56. The third-order valence-corrected chi connectivity index (χ3v) is 7.90. The molecular weight excluding hydrogens is 464 g/mol. The summed E-state index contributed by atoms with van der Waals surface area (Å²) in [5, 5.41) is 8.61. The zero-order chi connectivity index (χ0) is 25.0. The van der Waals surface area contributed by atoms with Gasteiger partial charge in [-0.15, -0.1) is 0 Å². The number of hydrogen-bond donors (Lipinski definition) is 0. The molecule has 2 rings (SSSR count). The van der Waals surface area contributed by atoms with E-state index in [0.29, 0.717) is 17.9 Å². The lowest BCUT2D eigenvalue weighted by atomic mass is 9.94. The molecule has 0 bridgehead atoms. The van der Waals surface area contributed by atoms with E-state index in [1.54, 1.807) is 18.3 Å². The van der Waals surface area contributed by atoms with Crippen LogP contribution in [0.5, 0.6) is 5.88 Å². The minimum atomic E-state index is -1.63. The van der Waals surface area contributed by atoms with E-state index in [1.807, 2.05) is 13.0 Å². The molecule has 1 aliphatic heterocycles. The number of hydrogen-bond acceptors (Lipinski definition) is 9. The van der Waals surface area contributed by atoms with E-state index in [4.69, 9.17) is 4.74 Å². The molecule has 2 amide bonds. The van der Waals surface area contributed by atoms with Crippen molar-refractivity contribution in [2.45, 2.75) is 62.7 Å². The first-order valence-electron chi connectivity index (χ1n) is 10.4. The Kier molecular flexibility index (Phi) is 8.54. The summed E-state index contributed by atoms with van der Waals surface area (Å²) in [5.74, 6) is -0.604. The van der Waals surface area contributed by atoms with Crippen molar-refractivity contribution in [2.24, 2.45) is 0 Å². The highest BCUT2D eigenvalue weighted by Gasteiger charge is 2.63. The van der Waals surface area contributed by atoms with E-state index in [0.717, 1.165) is 23.5 Å². The molecule has 1 unspecified atom stereocenters. The van der Waals surface area contributed by atoms with Gasteiger partial charge in [-0.1, -0.05) is 24.8 Å². The third kappa shape index (κ3) is 5.01. The van der Waals surface area contributed by atoms with Gasteiger partial charge in [-0.2, -0.15) is 5.26 Å². The lowest BCUT2D eigenvalue weighted by molar-refractivity contribution is -0.168. The van der Waals surface area contributed by atoms with Gasteiger partial charge in [-0.3, -0.25) is 19.2 Å². The summed E-state index contributed by atoms with van der Waals surface area (Å²) in [7, 11) is 2.94. The number of nitriles is 1. The summed E-state index contributed by atoms with van der Waals surface area (Å²) in [6.45, 7) is 6.03. The van der Waals surface area contributed by atoms with Gasteiger partial charge in [0, 0.05) is 46.0 Å². The summed E-state index contributed by atoms with van der Waals surface area (Å²) in [6.07, 6.45) is 1.89. The molecule has 0 aromatic carbocycles. The van der Waals surface area contributed by atoms with Crippen molar-refractivity contribution in [3.8, 4) is 11.9 Å². The Bertz CT molecular complexity index is 980. The average Bonchev–Trinajstić information content (AvgIpc) is 2.77. The van der Waals surface area contributed by atoms with E-state index in [1.165, 1.54) is 44.7 Å². The maximum absolute atomic E-state index is 14.1. The van der Waals surface area contributed by atoms with Crippen molar-refractivity contribution in [1.82, 2.24) is 14.8 Å². The van der Waals surface area contributed by atoms with Crippen LogP contribution >= 0.6 is 23.5 Å². The van der Waals surface area contributed by atoms with Crippen LogP contribution in [0.1, 0.15) is 58.6 Å². The van der Waals surface area contributed by atoms with Crippen molar-refractivity contribution in [3.05, 3.63) is 23.9 Å². The minimum Gasteiger partial charge on any atom is -0.481 e. The topological polar surface area (TPSA) is 121 Å². The Hall–Kier alpha value is -2.58. The third-order valence-electron chi connectivity index (χ3n) is 5.57. The molecule has 1 fully saturated rings. The Morgan fingerprint density at radius 3 is 2.30 bits per heavy atom. The van der Waals surface area contributed by atoms with E-state index >= 15 is 0 Å². The molecule has 2 heterocycles. The number of likely N-dealkylation sites (N-methyl/N-ethyl adjacent to an activating group) is 1. The van der Waals surface area contributed by atoms with Crippen LogP contribution in [-0.4, -0.2) is 60.7 Å². The lowest BCUT2D eigenvalue weighted by Crippen LogP contribution is -2.73. The summed E-state index contributed by atoms with van der Waals surface area (Å²) in [5.41, 5.74) is 0.643. The fraction of sp³-hybridized carbons (Fsp3) is 0.545. The highest BCUT2D eigenvalue weighted by atomic mass is 32.2. The van der Waals surface area contributed by atoms with Crippen LogP contribution in [0.25, 0.3) is 0 Å². The van der Waals surface area contributed by atoms with Gasteiger partial charge in [0.15, 0.2) is 20.0 Å². The number of nitrogens with zero attached hydrogens (tertiary/aromatic N) is 4. The van der Waals surface area contributed by atoms with Gasteiger partial charge in [0.25, 0.3) is 11.8 Å². The highest BCUT2D eigenvalue weighted by Crippen LogP contribution is 2.50. The number of carbonyl (C=O) groups is 4. The number of carbonyl (C=O) groups excluding carboxylic acids is 4. The van der Waals surface area contributed by atoms with Gasteiger partial charge in [0.05, 0.1) is 19.2 Å². The Balaban J connectivity index is 2.79. The standard InChI is InChI=1S/C22H28N4O5S2/c1-7-17(16-9-10-18(31-6)24-13-16)26-19(29)21(4,32-14(2)27)25(5)20(30)22(26,11-8-12-23)33-15(3)28/h9-10,13,17H,7-8,11H2,1-6H3/t17-,21+,22?/m1/s1. The molecule has 3 atom stereocenters. The van der Waals surface area contributed by atoms with E-state index in [9.17, 15) is 24.4 Å². The number of amides is 2. The highest BCUT2D eigenvalue weighted by molar-refractivity contribution is 8.16. The molecule has 178 valence electrons. The van der Waals surface area contributed by atoms with Gasteiger partial charge in [0.1, 0.15) is 0 Å². The average molecular weight is 493 g/mol. The normalized spacial score (nSPS) is 23.8. The molecule has 0 N–H and O–H groups in total. The molecule has 1 aromatic rings. The van der Waals surface area contributed by atoms with Gasteiger partial charge < -0.3 is 14.5 Å². The second kappa shape index (κ2) is 10.6. The summed E-state index contributed by atoms with van der Waals surface area (Å²) in [4.78, 5) is 56.1. The number of thioether (sulfide) groups is 2. The second-order valence-corrected chi connectivity index (χ2v) is 10.7. The number of rotatable bonds is 8. The molecule has 1 aromatic heterocycles. The first-order valence-corrected chi connectivity index (χ1v) is 12.0. The SMILES string of the molecule is CC[C@H](c1ccc(OC)nc1)N1C(=O)[C@](C)(SC(C)=O)N(C)C(=O)C1(CCC#N)SC(C)=O. The zero-order valence-corrected chi connectivity index (χ0v) is 21.2. The fourth-order valence-electron chi connectivity index (χ4n) is 3.99. The molecule has 9 nitrogen and oxygen atoms in total. The van der Waals surface area contributed by atoms with E-state index in [-0.39, 0.29) is 23.1 Å². The minimum absolute atomic E-state index is 0.0381. The summed E-state index contributed by atoms with van der Waals surface area (Å²) >= 11 is 1.49. The van der Waals surface area contributed by atoms with Crippen molar-refractivity contribution in [2.75, 3.05) is 14.2 Å². The zero-order valence-electron chi connectivity index (χ0n) is 19.6. The van der Waals surface area contributed by atoms with Crippen molar-refractivity contribution in [1.29, 1.82) is 5.26 Å². The maximum Gasteiger partial charge on any atom is 0.261 e. The first-order chi connectivity index (χ1) is 15.5. The number of pyridine rings is 1. The van der Waals surface area contributed by atoms with Crippen molar-refractivity contribution in [3.63, 3.8) is 0 Å². The Labute approximate surface area is 202 Å². The van der Waals surface area contributed by atoms with Crippen LogP contribution in [0.2, 0.25) is 0 Å². The van der Waals surface area contributed by atoms with Crippen LogP contribution in [0, 0.1) is 11.3 Å². The molecule has 1 aliphatic rings. The van der Waals surface area contributed by atoms with Crippen LogP contribution < -0.4 is 4.74 Å². The van der Waals surface area contributed by atoms with Crippen molar-refractivity contribution >= 4 is 45.6 Å². The summed E-state index contributed by atoms with van der Waals surface area (Å²) < 4.78 is 5.13. The van der Waals surface area contributed by atoms with Crippen molar-refractivity contribution < 1.29 is 23.9 Å². The van der Waals surface area contributed by atoms with E-state index in [2.05, 4.69) is 4.98 Å². The van der Waals surface area contributed by atoms with Gasteiger partial charge >= 0.3 is 0 Å². The molecule has 0 saturated carbocycles. The van der Waals surface area contributed by atoms with Crippen LogP contribution in [-0.2, 0) is 19.2 Å².